The van der Waals surface area contributed by atoms with Crippen LogP contribution in [0.3, 0.4) is 0 Å². The molecule has 0 aromatic heterocycles. The first kappa shape index (κ1) is 14.0. The van der Waals surface area contributed by atoms with Crippen LogP contribution in [-0.4, -0.2) is 11.7 Å². The van der Waals surface area contributed by atoms with Crippen molar-refractivity contribution >= 4 is 17.4 Å². The maximum absolute atomic E-state index is 11.1. The zero-order chi connectivity index (χ0) is 9.68. The molecule has 0 fully saturated rings. The summed E-state index contributed by atoms with van der Waals surface area (Å²) < 4.78 is 0. The Morgan fingerprint density at radius 2 is 1.86 bits per heavy atom. The van der Waals surface area contributed by atoms with E-state index in [1.54, 1.807) is 12.1 Å². The van der Waals surface area contributed by atoms with Crippen LogP contribution in [0.2, 0.25) is 0 Å². The van der Waals surface area contributed by atoms with Gasteiger partial charge in [0.2, 0.25) is 5.91 Å². The van der Waals surface area contributed by atoms with Gasteiger partial charge in [-0.25, -0.2) is 0 Å². The van der Waals surface area contributed by atoms with E-state index in [2.05, 4.69) is 5.32 Å². The molecule has 0 heterocycles. The summed E-state index contributed by atoms with van der Waals surface area (Å²) in [6.45, 7) is 1.39. The number of nitrogens with one attached hydrogen (secondary N) is 1. The van der Waals surface area contributed by atoms with E-state index in [-0.39, 0.29) is 70.9 Å². The minimum absolute atomic E-state index is 0. The maximum atomic E-state index is 11.1. The van der Waals surface area contributed by atoms with E-state index < -0.39 is 0 Å². The topological polar surface area (TPSA) is 46.2 Å². The molecule has 0 atom stereocenters. The SMILES string of the molecule is CC(=O)CC(=O)Nc1ccccc1.[H-].[K+]. The first-order valence-electron chi connectivity index (χ1n) is 4.03. The molecule has 1 rings (SSSR count). The number of benzene rings is 1. The summed E-state index contributed by atoms with van der Waals surface area (Å²) in [5.74, 6) is -0.396. The van der Waals surface area contributed by atoms with Gasteiger partial charge in [-0.05, 0) is 19.1 Å². The van der Waals surface area contributed by atoms with Crippen LogP contribution in [0.15, 0.2) is 30.3 Å². The molecule has 1 aromatic rings. The minimum atomic E-state index is -0.265. The molecule has 1 amide bonds. The van der Waals surface area contributed by atoms with E-state index in [1.807, 2.05) is 18.2 Å². The molecule has 0 radical (unpaired) electrons. The van der Waals surface area contributed by atoms with E-state index >= 15 is 0 Å². The van der Waals surface area contributed by atoms with Crippen LogP contribution in [0.4, 0.5) is 5.69 Å². The number of carbonyl (C=O) groups is 2. The Balaban J connectivity index is 0. The van der Waals surface area contributed by atoms with E-state index in [4.69, 9.17) is 0 Å². The van der Waals surface area contributed by atoms with Gasteiger partial charge in [0.25, 0.3) is 0 Å². The fourth-order valence-electron chi connectivity index (χ4n) is 0.953. The summed E-state index contributed by atoms with van der Waals surface area (Å²) >= 11 is 0. The standard InChI is InChI=1S/C10H11NO2.K.H/c1-8(12)7-10(13)11-9-5-3-2-4-6-9;;/h2-6H,7H2,1H3,(H,11,13);;/q;+1;-1. The number of amides is 1. The zero-order valence-corrected chi connectivity index (χ0v) is 11.5. The molecule has 14 heavy (non-hydrogen) atoms. The number of para-hydroxylation sites is 1. The Hall–Kier alpha value is -0.00364. The van der Waals surface area contributed by atoms with Gasteiger partial charge in [0.15, 0.2) is 0 Å². The molecule has 0 aliphatic heterocycles. The van der Waals surface area contributed by atoms with Gasteiger partial charge in [0.05, 0.1) is 6.42 Å². The first-order valence-corrected chi connectivity index (χ1v) is 4.03. The molecule has 0 aliphatic rings. The molecule has 70 valence electrons. The van der Waals surface area contributed by atoms with Gasteiger partial charge in [-0.2, -0.15) is 0 Å². The molecule has 0 saturated heterocycles. The van der Waals surface area contributed by atoms with E-state index in [9.17, 15) is 9.59 Å². The molecule has 0 unspecified atom stereocenters. The predicted octanol–water partition coefficient (Wildman–Crippen LogP) is -1.28. The normalized spacial score (nSPS) is 8.64. The minimum Gasteiger partial charge on any atom is -1.00 e. The second-order valence-electron chi connectivity index (χ2n) is 2.79. The van der Waals surface area contributed by atoms with E-state index in [0.29, 0.717) is 5.69 Å². The van der Waals surface area contributed by atoms with Crippen molar-refractivity contribution in [3.05, 3.63) is 30.3 Å². The van der Waals surface area contributed by atoms with E-state index in [1.165, 1.54) is 6.92 Å². The van der Waals surface area contributed by atoms with Crippen molar-refractivity contribution in [2.75, 3.05) is 5.32 Å². The third-order valence-electron chi connectivity index (χ3n) is 1.47. The van der Waals surface area contributed by atoms with Gasteiger partial charge in [0.1, 0.15) is 5.78 Å². The van der Waals surface area contributed by atoms with Crippen molar-refractivity contribution in [1.82, 2.24) is 0 Å². The fourth-order valence-corrected chi connectivity index (χ4v) is 0.953. The van der Waals surface area contributed by atoms with Gasteiger partial charge < -0.3 is 6.74 Å². The molecule has 0 saturated carbocycles. The van der Waals surface area contributed by atoms with Crippen LogP contribution in [0.5, 0.6) is 0 Å². The number of ketones is 1. The molecule has 4 heteroatoms. The van der Waals surface area contributed by atoms with Crippen LogP contribution in [-0.2, 0) is 9.59 Å². The van der Waals surface area contributed by atoms with E-state index in [0.717, 1.165) is 0 Å². The maximum Gasteiger partial charge on any atom is 1.00 e. The summed E-state index contributed by atoms with van der Waals surface area (Å²) in [4.78, 5) is 21.7. The average molecular weight is 217 g/mol. The van der Waals surface area contributed by atoms with Gasteiger partial charge in [-0.15, -0.1) is 0 Å². The molecule has 1 aromatic carbocycles. The average Bonchev–Trinajstić information content (AvgIpc) is 2.04. The van der Waals surface area contributed by atoms with Crippen molar-refractivity contribution < 1.29 is 62.4 Å². The number of hydrogen-bond donors (Lipinski definition) is 1. The Labute approximate surface area is 127 Å². The van der Waals surface area contributed by atoms with Crippen molar-refractivity contribution in [2.45, 2.75) is 13.3 Å². The summed E-state index contributed by atoms with van der Waals surface area (Å²) in [6, 6.07) is 9.06. The fraction of sp³-hybridized carbons (Fsp3) is 0.200. The van der Waals surface area contributed by atoms with Crippen LogP contribution >= 0.6 is 0 Å². The predicted molar refractivity (Wildman–Crippen MR) is 51.5 cm³/mol. The number of anilines is 1. The van der Waals surface area contributed by atoms with Crippen LogP contribution in [0, 0.1) is 0 Å². The smallest absolute Gasteiger partial charge is 1.00 e. The molecule has 1 N–H and O–H groups in total. The van der Waals surface area contributed by atoms with Crippen LogP contribution in [0.1, 0.15) is 14.8 Å². The summed E-state index contributed by atoms with van der Waals surface area (Å²) in [5.41, 5.74) is 0.716. The largest absolute Gasteiger partial charge is 1.00 e. The Bertz CT molecular complexity index is 316. The van der Waals surface area contributed by atoms with Gasteiger partial charge in [0, 0.05) is 5.69 Å². The summed E-state index contributed by atoms with van der Waals surface area (Å²) in [5, 5.41) is 2.61. The first-order chi connectivity index (χ1) is 6.18. The van der Waals surface area contributed by atoms with Crippen molar-refractivity contribution in [2.24, 2.45) is 0 Å². The van der Waals surface area contributed by atoms with Crippen molar-refractivity contribution in [1.29, 1.82) is 0 Å². The van der Waals surface area contributed by atoms with Crippen LogP contribution in [0.25, 0.3) is 0 Å². The van der Waals surface area contributed by atoms with Gasteiger partial charge in [-0.1, -0.05) is 18.2 Å². The number of hydrogen-bond acceptors (Lipinski definition) is 2. The molecular weight excluding hydrogens is 205 g/mol. The number of rotatable bonds is 3. The number of carbonyl (C=O) groups excluding carboxylic acids is 2. The zero-order valence-electron chi connectivity index (χ0n) is 9.41. The second kappa shape index (κ2) is 7.31. The molecule has 0 spiro atoms. The monoisotopic (exact) mass is 217 g/mol. The Morgan fingerprint density at radius 3 is 2.36 bits per heavy atom. The van der Waals surface area contributed by atoms with Gasteiger partial charge in [-0.3, -0.25) is 9.59 Å². The second-order valence-corrected chi connectivity index (χ2v) is 2.79. The third-order valence-corrected chi connectivity index (χ3v) is 1.47. The van der Waals surface area contributed by atoms with Crippen LogP contribution < -0.4 is 56.7 Å². The summed E-state index contributed by atoms with van der Waals surface area (Å²) in [7, 11) is 0. The summed E-state index contributed by atoms with van der Waals surface area (Å²) in [6.07, 6.45) is -0.0606. The molecular formula is C10H12KNO2. The van der Waals surface area contributed by atoms with Gasteiger partial charge >= 0.3 is 51.4 Å². The van der Waals surface area contributed by atoms with Crippen molar-refractivity contribution in [3.63, 3.8) is 0 Å². The Morgan fingerprint density at radius 1 is 1.29 bits per heavy atom. The molecule has 3 nitrogen and oxygen atoms in total. The number of Topliss-reactive ketones (excluding diaryl/α,β-unsaturated/α-hetero) is 1. The Kier molecular flexibility index (Phi) is 7.31. The van der Waals surface area contributed by atoms with Crippen molar-refractivity contribution in [3.8, 4) is 0 Å². The quantitative estimate of drug-likeness (QED) is 0.506. The molecule has 0 bridgehead atoms. The molecule has 0 aliphatic carbocycles. The third kappa shape index (κ3) is 5.67.